The first-order valence-corrected chi connectivity index (χ1v) is 19.7. The number of hydrogen-bond donors (Lipinski definition) is 4. The van der Waals surface area contributed by atoms with Gasteiger partial charge in [-0.25, -0.2) is 0 Å². The van der Waals surface area contributed by atoms with Crippen molar-refractivity contribution in [3.8, 4) is 0 Å². The van der Waals surface area contributed by atoms with Crippen molar-refractivity contribution in [2.45, 2.75) is 148 Å². The van der Waals surface area contributed by atoms with Gasteiger partial charge in [0.2, 0.25) is 5.91 Å². The Morgan fingerprint density at radius 2 is 1.88 bits per heavy atom. The third kappa shape index (κ3) is 7.30. The van der Waals surface area contributed by atoms with E-state index in [1.807, 2.05) is 0 Å². The number of guanidine groups is 1. The predicted octanol–water partition coefficient (Wildman–Crippen LogP) is 5.32. The molecule has 276 valence electrons. The molecule has 2 heterocycles. The lowest BCUT2D eigenvalue weighted by Gasteiger charge is -2.58. The van der Waals surface area contributed by atoms with Gasteiger partial charge < -0.3 is 36.7 Å². The van der Waals surface area contributed by atoms with Gasteiger partial charge >= 0.3 is 5.97 Å². The van der Waals surface area contributed by atoms with Crippen molar-refractivity contribution in [2.75, 3.05) is 19.7 Å². The number of nitrogens with two attached hydrogens (primary N) is 3. The molecule has 10 nitrogen and oxygen atoms in total. The molecule has 2 aliphatic heterocycles. The van der Waals surface area contributed by atoms with Crippen molar-refractivity contribution in [1.82, 2.24) is 5.32 Å². The van der Waals surface area contributed by atoms with Crippen LogP contribution in [0, 0.1) is 46.3 Å². The van der Waals surface area contributed by atoms with Gasteiger partial charge in [-0.2, -0.15) is 0 Å². The first kappa shape index (κ1) is 36.6. The molecule has 1 spiro atoms. The first-order valence-electron chi connectivity index (χ1n) is 19.7. The first-order chi connectivity index (χ1) is 23.4. The topological polar surface area (TPSA) is 164 Å². The summed E-state index contributed by atoms with van der Waals surface area (Å²) < 4.78 is 19.5. The molecule has 6 rings (SSSR count). The average molecular weight is 684 g/mol. The zero-order chi connectivity index (χ0) is 35.0. The molecule has 6 aliphatic rings. The van der Waals surface area contributed by atoms with E-state index in [9.17, 15) is 9.59 Å². The monoisotopic (exact) mass is 683 g/mol. The van der Waals surface area contributed by atoms with Gasteiger partial charge in [0.15, 0.2) is 11.7 Å². The summed E-state index contributed by atoms with van der Waals surface area (Å²) >= 11 is 0. The van der Waals surface area contributed by atoms with Crippen LogP contribution in [0.5, 0.6) is 0 Å². The lowest BCUT2D eigenvalue weighted by atomic mass is 9.47. The lowest BCUT2D eigenvalue weighted by molar-refractivity contribution is -0.272. The average Bonchev–Trinajstić information content (AvgIpc) is 3.51. The van der Waals surface area contributed by atoms with E-state index < -0.39 is 6.04 Å². The third-order valence-electron chi connectivity index (χ3n) is 14.3. The predicted molar refractivity (Wildman–Crippen MR) is 191 cm³/mol. The van der Waals surface area contributed by atoms with E-state index in [0.717, 1.165) is 58.0 Å². The van der Waals surface area contributed by atoms with Gasteiger partial charge in [0.1, 0.15) is 6.10 Å². The Labute approximate surface area is 294 Å². The van der Waals surface area contributed by atoms with E-state index in [1.54, 1.807) is 0 Å². The number of amides is 1. The molecule has 49 heavy (non-hydrogen) atoms. The van der Waals surface area contributed by atoms with Crippen molar-refractivity contribution < 1.29 is 23.8 Å². The molecule has 0 aromatic rings. The summed E-state index contributed by atoms with van der Waals surface area (Å²) in [5, 5.41) is 2.89. The number of rotatable bonds is 12. The number of nitrogens with one attached hydrogen (secondary N) is 1. The fourth-order valence-corrected chi connectivity index (χ4v) is 11.6. The van der Waals surface area contributed by atoms with Crippen LogP contribution in [-0.2, 0) is 23.8 Å². The van der Waals surface area contributed by atoms with E-state index in [-0.39, 0.29) is 35.1 Å². The number of aliphatic imine (C=N–C) groups is 1. The van der Waals surface area contributed by atoms with Crippen LogP contribution < -0.4 is 22.5 Å². The van der Waals surface area contributed by atoms with Crippen LogP contribution in [-0.4, -0.2) is 61.6 Å². The lowest BCUT2D eigenvalue weighted by Crippen LogP contribution is -2.52. The molecule has 0 aromatic carbocycles. The fourth-order valence-electron chi connectivity index (χ4n) is 11.6. The Morgan fingerprint density at radius 1 is 1.06 bits per heavy atom. The van der Waals surface area contributed by atoms with E-state index in [2.05, 4.69) is 44.1 Å². The van der Waals surface area contributed by atoms with Gasteiger partial charge in [-0.05, 0) is 111 Å². The number of unbranched alkanes of at least 4 members (excludes halogenated alkanes) is 2. The second-order valence-corrected chi connectivity index (χ2v) is 17.3. The molecule has 0 radical (unpaired) electrons. The fraction of sp³-hybridized carbons (Fsp3) is 0.872. The minimum absolute atomic E-state index is 0.0144. The number of ether oxygens (including phenoxy) is 3. The van der Waals surface area contributed by atoms with Crippen molar-refractivity contribution in [2.24, 2.45) is 68.5 Å². The highest BCUT2D eigenvalue weighted by molar-refractivity contribution is 5.81. The van der Waals surface area contributed by atoms with Crippen molar-refractivity contribution in [1.29, 1.82) is 0 Å². The summed E-state index contributed by atoms with van der Waals surface area (Å²) in [6.45, 7) is 11.7. The summed E-state index contributed by atoms with van der Waals surface area (Å²) in [5.74, 6) is 3.25. The van der Waals surface area contributed by atoms with Gasteiger partial charge in [-0.1, -0.05) is 45.8 Å². The minimum atomic E-state index is -0.570. The minimum Gasteiger partial charge on any atom is -0.462 e. The van der Waals surface area contributed by atoms with Crippen molar-refractivity contribution in [3.05, 3.63) is 11.6 Å². The number of carbonyl (C=O) groups excluding carboxylic acids is 2. The second kappa shape index (κ2) is 14.8. The molecule has 10 heteroatoms. The molecule has 3 saturated carbocycles. The quantitative estimate of drug-likeness (QED) is 0.0706. The van der Waals surface area contributed by atoms with Crippen molar-refractivity contribution >= 4 is 17.8 Å². The maximum absolute atomic E-state index is 12.8. The Hall–Kier alpha value is -2.17. The summed E-state index contributed by atoms with van der Waals surface area (Å²) in [6, 6.07) is -0.570. The molecule has 0 unspecified atom stereocenters. The summed E-state index contributed by atoms with van der Waals surface area (Å²) in [7, 11) is 0. The summed E-state index contributed by atoms with van der Waals surface area (Å²) in [5.41, 5.74) is 18.7. The molecule has 2 saturated heterocycles. The normalized spacial score (nSPS) is 41.4. The van der Waals surface area contributed by atoms with Crippen LogP contribution in [0.4, 0.5) is 0 Å². The van der Waals surface area contributed by atoms with Gasteiger partial charge in [0.05, 0.1) is 18.8 Å². The second-order valence-electron chi connectivity index (χ2n) is 17.3. The Bertz CT molecular complexity index is 1260. The standard InChI is InChI=1S/C39H65N5O5/c1-24-13-18-39(47-23-24)25(2)34-32(49-39)22-30-28-12-11-26-21-27(14-16-37(26,3)29(28)15-17-38(30,34)4)48-33(45)10-6-5-7-19-43-35(46)31(40)9-8-20-44-36(41)42/h11,24-25,27-32,34H,5-10,12-23,40H2,1-4H3,(H,43,46)(H4,41,42,44)/t24-,25+,27+,28-,29+,30+,31+,32+,34+,37+,38+,39-/m1/s1. The zero-order valence-corrected chi connectivity index (χ0v) is 30.7. The van der Waals surface area contributed by atoms with Crippen LogP contribution in [0.3, 0.4) is 0 Å². The molecule has 12 atom stereocenters. The maximum atomic E-state index is 12.8. The van der Waals surface area contributed by atoms with E-state index in [1.165, 1.54) is 31.3 Å². The van der Waals surface area contributed by atoms with Crippen LogP contribution in [0.25, 0.3) is 0 Å². The van der Waals surface area contributed by atoms with E-state index in [4.69, 9.17) is 31.4 Å². The Morgan fingerprint density at radius 3 is 2.63 bits per heavy atom. The van der Waals surface area contributed by atoms with Gasteiger partial charge in [0.25, 0.3) is 0 Å². The Kier molecular flexibility index (Phi) is 11.1. The molecule has 5 fully saturated rings. The third-order valence-corrected chi connectivity index (χ3v) is 14.3. The van der Waals surface area contributed by atoms with Gasteiger partial charge in [-0.15, -0.1) is 0 Å². The molecule has 0 bridgehead atoms. The summed E-state index contributed by atoms with van der Waals surface area (Å²) in [4.78, 5) is 28.9. The number of allylic oxidation sites excluding steroid dienone is 1. The number of hydrogen-bond acceptors (Lipinski definition) is 7. The molecule has 0 aromatic heterocycles. The van der Waals surface area contributed by atoms with E-state index in [0.29, 0.717) is 79.4 Å². The summed E-state index contributed by atoms with van der Waals surface area (Å²) in [6.07, 6.45) is 17.0. The number of nitrogens with zero attached hydrogens (tertiary/aromatic N) is 1. The Balaban J connectivity index is 0.932. The van der Waals surface area contributed by atoms with Crippen LogP contribution in [0.15, 0.2) is 16.6 Å². The highest BCUT2D eigenvalue weighted by atomic mass is 16.7. The van der Waals surface area contributed by atoms with Crippen LogP contribution in [0.1, 0.15) is 124 Å². The highest BCUT2D eigenvalue weighted by Gasteiger charge is 2.68. The van der Waals surface area contributed by atoms with Crippen LogP contribution in [0.2, 0.25) is 0 Å². The maximum Gasteiger partial charge on any atom is 0.306 e. The molecular weight excluding hydrogens is 618 g/mol. The molecular formula is C39H65N5O5. The SMILES string of the molecule is C[C@@H]1CC[C@@]2(OC1)O[C@H]1C[C@H]3[C@@H]4CC=C5C[C@@H](OC(=O)CCCCCNC(=O)[C@@H](N)CCCN=C(N)N)CC[C@]5(C)[C@H]4CC[C@]3(C)[C@H]1[C@@H]2C. The van der Waals surface area contributed by atoms with E-state index >= 15 is 0 Å². The smallest absolute Gasteiger partial charge is 0.306 e. The number of carbonyl (C=O) groups is 2. The highest BCUT2D eigenvalue weighted by Crippen LogP contribution is 2.70. The molecule has 7 N–H and O–H groups in total. The zero-order valence-electron chi connectivity index (χ0n) is 30.7. The van der Waals surface area contributed by atoms with Crippen LogP contribution >= 0.6 is 0 Å². The van der Waals surface area contributed by atoms with Crippen molar-refractivity contribution in [3.63, 3.8) is 0 Å². The van der Waals surface area contributed by atoms with Gasteiger partial charge in [0, 0.05) is 38.3 Å². The largest absolute Gasteiger partial charge is 0.462 e. The molecule has 1 amide bonds. The molecule has 4 aliphatic carbocycles. The number of esters is 1. The van der Waals surface area contributed by atoms with Gasteiger partial charge in [-0.3, -0.25) is 14.6 Å². The number of fused-ring (bicyclic) bond motifs is 7.